The summed E-state index contributed by atoms with van der Waals surface area (Å²) >= 11 is 0. The molecule has 2 rings (SSSR count). The van der Waals surface area contributed by atoms with E-state index in [4.69, 9.17) is 0 Å². The third-order valence-electron chi connectivity index (χ3n) is 5.40. The Balaban J connectivity index is 1.90. The number of aliphatic hydroxyl groups is 1. The summed E-state index contributed by atoms with van der Waals surface area (Å²) in [5.74, 6) is 2.13. The molecule has 4 unspecified atom stereocenters. The molecule has 4 atom stereocenters. The van der Waals surface area contributed by atoms with Crippen molar-refractivity contribution in [2.75, 3.05) is 19.6 Å². The van der Waals surface area contributed by atoms with Crippen molar-refractivity contribution in [2.45, 2.75) is 78.0 Å². The Morgan fingerprint density at radius 2 is 1.86 bits per heavy atom. The minimum atomic E-state index is -0.182. The van der Waals surface area contributed by atoms with Crippen LogP contribution < -0.4 is 5.32 Å². The van der Waals surface area contributed by atoms with Crippen LogP contribution in [-0.4, -0.2) is 47.8 Å². The van der Waals surface area contributed by atoms with Gasteiger partial charge in [-0.25, -0.2) is 0 Å². The van der Waals surface area contributed by atoms with Gasteiger partial charge in [0.15, 0.2) is 0 Å². The van der Waals surface area contributed by atoms with Crippen LogP contribution in [0.2, 0.25) is 0 Å². The zero-order chi connectivity index (χ0) is 15.4. The first kappa shape index (κ1) is 17.2. The number of likely N-dealkylation sites (tertiary alicyclic amines) is 1. The molecular formula is C18H36N2O. The number of hydrogen-bond donors (Lipinski definition) is 2. The van der Waals surface area contributed by atoms with E-state index in [9.17, 15) is 5.11 Å². The maximum Gasteiger partial charge on any atom is 0.0553 e. The Labute approximate surface area is 131 Å². The molecule has 2 fully saturated rings. The zero-order valence-corrected chi connectivity index (χ0v) is 14.5. The van der Waals surface area contributed by atoms with E-state index in [1.807, 2.05) is 6.92 Å². The Bertz CT molecular complexity index is 302. The van der Waals surface area contributed by atoms with Crippen molar-refractivity contribution in [3.8, 4) is 0 Å². The van der Waals surface area contributed by atoms with Crippen LogP contribution in [0.25, 0.3) is 0 Å². The third kappa shape index (κ3) is 5.22. The van der Waals surface area contributed by atoms with Crippen molar-refractivity contribution in [1.82, 2.24) is 10.2 Å². The molecule has 0 amide bonds. The van der Waals surface area contributed by atoms with E-state index in [2.05, 4.69) is 31.0 Å². The highest BCUT2D eigenvalue weighted by Gasteiger charge is 2.38. The monoisotopic (exact) mass is 296 g/mol. The smallest absolute Gasteiger partial charge is 0.0553 e. The van der Waals surface area contributed by atoms with E-state index in [0.29, 0.717) is 12.0 Å². The van der Waals surface area contributed by atoms with Gasteiger partial charge >= 0.3 is 0 Å². The van der Waals surface area contributed by atoms with E-state index in [1.54, 1.807) is 0 Å². The van der Waals surface area contributed by atoms with E-state index < -0.39 is 0 Å². The second-order valence-corrected chi connectivity index (χ2v) is 7.84. The minimum absolute atomic E-state index is 0.182. The Hall–Kier alpha value is -0.120. The van der Waals surface area contributed by atoms with Crippen LogP contribution in [0.3, 0.4) is 0 Å². The molecule has 0 spiro atoms. The van der Waals surface area contributed by atoms with E-state index in [1.165, 1.54) is 32.2 Å². The van der Waals surface area contributed by atoms with Gasteiger partial charge in [0.05, 0.1) is 6.10 Å². The van der Waals surface area contributed by atoms with Crippen LogP contribution in [-0.2, 0) is 0 Å². The quantitative estimate of drug-likeness (QED) is 0.723. The molecule has 0 radical (unpaired) electrons. The van der Waals surface area contributed by atoms with Gasteiger partial charge in [-0.2, -0.15) is 0 Å². The second kappa shape index (κ2) is 7.94. The summed E-state index contributed by atoms with van der Waals surface area (Å²) in [6.07, 6.45) is 6.29. The minimum Gasteiger partial charge on any atom is -0.393 e. The lowest BCUT2D eigenvalue weighted by atomic mass is 9.88. The van der Waals surface area contributed by atoms with E-state index >= 15 is 0 Å². The van der Waals surface area contributed by atoms with Crippen LogP contribution in [0.5, 0.6) is 0 Å². The summed E-state index contributed by atoms with van der Waals surface area (Å²) in [6.45, 7) is 12.3. The molecule has 2 aliphatic rings. The second-order valence-electron chi connectivity index (χ2n) is 7.84. The van der Waals surface area contributed by atoms with E-state index in [-0.39, 0.29) is 6.10 Å². The highest BCUT2D eigenvalue weighted by Crippen LogP contribution is 2.38. The number of nitrogens with zero attached hydrogens (tertiary/aromatic N) is 1. The average Bonchev–Trinajstić information content (AvgIpc) is 3.23. The molecule has 1 saturated carbocycles. The summed E-state index contributed by atoms with van der Waals surface area (Å²) < 4.78 is 0. The fourth-order valence-electron chi connectivity index (χ4n) is 3.89. The molecule has 0 aromatic heterocycles. The average molecular weight is 296 g/mol. The van der Waals surface area contributed by atoms with Crippen molar-refractivity contribution < 1.29 is 5.11 Å². The van der Waals surface area contributed by atoms with Crippen molar-refractivity contribution >= 4 is 0 Å². The summed E-state index contributed by atoms with van der Waals surface area (Å²) in [7, 11) is 0. The van der Waals surface area contributed by atoms with Gasteiger partial charge in [-0.3, -0.25) is 4.90 Å². The zero-order valence-electron chi connectivity index (χ0n) is 14.5. The topological polar surface area (TPSA) is 35.5 Å². The largest absolute Gasteiger partial charge is 0.393 e. The van der Waals surface area contributed by atoms with Crippen LogP contribution in [0.15, 0.2) is 0 Å². The van der Waals surface area contributed by atoms with Gasteiger partial charge in [-0.05, 0) is 63.3 Å². The van der Waals surface area contributed by atoms with Crippen LogP contribution >= 0.6 is 0 Å². The predicted octanol–water partition coefficient (Wildman–Crippen LogP) is 2.88. The van der Waals surface area contributed by atoms with Gasteiger partial charge in [0, 0.05) is 25.2 Å². The summed E-state index contributed by atoms with van der Waals surface area (Å²) in [5, 5.41) is 13.8. The lowest BCUT2D eigenvalue weighted by molar-refractivity contribution is 0.0231. The molecule has 1 aliphatic carbocycles. The fourth-order valence-corrected chi connectivity index (χ4v) is 3.89. The number of aliphatic hydroxyl groups excluding tert-OH is 1. The van der Waals surface area contributed by atoms with Crippen LogP contribution in [0.1, 0.15) is 59.8 Å². The van der Waals surface area contributed by atoms with Gasteiger partial charge in [-0.1, -0.05) is 20.8 Å². The highest BCUT2D eigenvalue weighted by molar-refractivity contribution is 4.93. The van der Waals surface area contributed by atoms with Gasteiger partial charge in [0.2, 0.25) is 0 Å². The molecule has 1 aliphatic heterocycles. The first-order valence-corrected chi connectivity index (χ1v) is 9.16. The molecule has 1 heterocycles. The SMILES string of the molecule is CCC(C1CC1)N1CC(NCCC(C)C)CC(C(C)O)C1. The summed E-state index contributed by atoms with van der Waals surface area (Å²) in [5.41, 5.74) is 0. The molecule has 0 bridgehead atoms. The molecule has 0 aromatic carbocycles. The standard InChI is InChI=1S/C18H36N2O/c1-5-18(15-6-7-15)20-11-16(14(4)21)10-17(12-20)19-9-8-13(2)3/h13-19,21H,5-12H2,1-4H3. The molecule has 3 heteroatoms. The lowest BCUT2D eigenvalue weighted by Crippen LogP contribution is -2.55. The Morgan fingerprint density at radius 3 is 2.38 bits per heavy atom. The van der Waals surface area contributed by atoms with Gasteiger partial charge < -0.3 is 10.4 Å². The first-order chi connectivity index (χ1) is 10.0. The molecule has 124 valence electrons. The normalized spacial score (nSPS) is 30.6. The Morgan fingerprint density at radius 1 is 1.14 bits per heavy atom. The van der Waals surface area contributed by atoms with Crippen LogP contribution in [0.4, 0.5) is 0 Å². The summed E-state index contributed by atoms with van der Waals surface area (Å²) in [4.78, 5) is 2.69. The fraction of sp³-hybridized carbons (Fsp3) is 1.00. The number of hydrogen-bond acceptors (Lipinski definition) is 3. The number of nitrogens with one attached hydrogen (secondary N) is 1. The maximum atomic E-state index is 10.1. The number of rotatable bonds is 8. The predicted molar refractivity (Wildman–Crippen MR) is 89.4 cm³/mol. The summed E-state index contributed by atoms with van der Waals surface area (Å²) in [6, 6.07) is 1.31. The number of piperidine rings is 1. The highest BCUT2D eigenvalue weighted by atomic mass is 16.3. The molecule has 3 nitrogen and oxygen atoms in total. The third-order valence-corrected chi connectivity index (χ3v) is 5.40. The van der Waals surface area contributed by atoms with Gasteiger partial charge in [0.1, 0.15) is 0 Å². The van der Waals surface area contributed by atoms with Crippen molar-refractivity contribution in [3.05, 3.63) is 0 Å². The first-order valence-electron chi connectivity index (χ1n) is 9.16. The van der Waals surface area contributed by atoms with Crippen molar-refractivity contribution in [2.24, 2.45) is 17.8 Å². The molecule has 1 saturated heterocycles. The molecule has 0 aromatic rings. The molecule has 21 heavy (non-hydrogen) atoms. The molecule has 2 N–H and O–H groups in total. The van der Waals surface area contributed by atoms with Gasteiger partial charge in [-0.15, -0.1) is 0 Å². The van der Waals surface area contributed by atoms with Crippen LogP contribution in [0, 0.1) is 17.8 Å². The Kier molecular flexibility index (Phi) is 6.51. The van der Waals surface area contributed by atoms with Gasteiger partial charge in [0.25, 0.3) is 0 Å². The maximum absolute atomic E-state index is 10.1. The molecular weight excluding hydrogens is 260 g/mol. The lowest BCUT2D eigenvalue weighted by Gasteiger charge is -2.43. The van der Waals surface area contributed by atoms with Crippen molar-refractivity contribution in [1.29, 1.82) is 0 Å². The van der Waals surface area contributed by atoms with Crippen molar-refractivity contribution in [3.63, 3.8) is 0 Å². The van der Waals surface area contributed by atoms with E-state index in [0.717, 1.165) is 37.4 Å².